The molecular formula is C17H21N3OS. The minimum Gasteiger partial charge on any atom is -0.325 e. The van der Waals surface area contributed by atoms with Gasteiger partial charge < -0.3 is 4.90 Å². The van der Waals surface area contributed by atoms with Crippen LogP contribution in [0.2, 0.25) is 0 Å². The Hall–Kier alpha value is -1.75. The number of thiazole rings is 1. The maximum atomic E-state index is 12.9. The second-order valence-electron chi connectivity index (χ2n) is 6.11. The summed E-state index contributed by atoms with van der Waals surface area (Å²) in [7, 11) is 0. The van der Waals surface area contributed by atoms with Crippen LogP contribution < -0.4 is 0 Å². The second kappa shape index (κ2) is 6.16. The average molecular weight is 315 g/mol. The second-order valence-corrected chi connectivity index (χ2v) is 6.96. The molecule has 3 rings (SSSR count). The van der Waals surface area contributed by atoms with E-state index < -0.39 is 0 Å². The molecule has 0 aliphatic heterocycles. The van der Waals surface area contributed by atoms with Crippen LogP contribution in [0.3, 0.4) is 0 Å². The van der Waals surface area contributed by atoms with Gasteiger partial charge in [-0.2, -0.15) is 0 Å². The molecule has 0 radical (unpaired) electrons. The van der Waals surface area contributed by atoms with Gasteiger partial charge in [0.05, 0.1) is 17.4 Å². The van der Waals surface area contributed by atoms with E-state index in [2.05, 4.69) is 30.7 Å². The van der Waals surface area contributed by atoms with Gasteiger partial charge in [-0.1, -0.05) is 19.9 Å². The van der Waals surface area contributed by atoms with Crippen molar-refractivity contribution in [1.29, 1.82) is 0 Å². The summed E-state index contributed by atoms with van der Waals surface area (Å²) in [6.45, 7) is 6.24. The number of rotatable bonds is 5. The van der Waals surface area contributed by atoms with Crippen LogP contribution in [0.25, 0.3) is 0 Å². The quantitative estimate of drug-likeness (QED) is 0.837. The fourth-order valence-corrected chi connectivity index (χ4v) is 3.46. The number of pyridine rings is 1. The van der Waals surface area contributed by atoms with Crippen LogP contribution in [0.4, 0.5) is 0 Å². The maximum absolute atomic E-state index is 12.9. The van der Waals surface area contributed by atoms with E-state index in [0.717, 1.165) is 24.2 Å². The lowest BCUT2D eigenvalue weighted by Gasteiger charge is -2.28. The molecule has 0 bridgehead atoms. The Morgan fingerprint density at radius 3 is 2.59 bits per heavy atom. The van der Waals surface area contributed by atoms with Gasteiger partial charge in [0, 0.05) is 17.6 Å². The zero-order chi connectivity index (χ0) is 15.7. The molecule has 1 amide bonds. The highest BCUT2D eigenvalue weighted by Crippen LogP contribution is 2.35. The fraction of sp³-hybridized carbons (Fsp3) is 0.471. The summed E-state index contributed by atoms with van der Waals surface area (Å²) in [6, 6.07) is 6.15. The first kappa shape index (κ1) is 15.2. The molecule has 1 aliphatic carbocycles. The van der Waals surface area contributed by atoms with Gasteiger partial charge in [0.1, 0.15) is 0 Å². The van der Waals surface area contributed by atoms with Crippen molar-refractivity contribution < 1.29 is 4.79 Å². The van der Waals surface area contributed by atoms with Gasteiger partial charge in [0.2, 0.25) is 0 Å². The van der Waals surface area contributed by atoms with E-state index in [4.69, 9.17) is 0 Å². The van der Waals surface area contributed by atoms with Gasteiger partial charge in [-0.15, -0.1) is 11.3 Å². The molecule has 1 aliphatic rings. The van der Waals surface area contributed by atoms with E-state index >= 15 is 0 Å². The molecule has 116 valence electrons. The van der Waals surface area contributed by atoms with Crippen molar-refractivity contribution >= 4 is 17.2 Å². The molecule has 2 aromatic rings. The topological polar surface area (TPSA) is 46.1 Å². The Morgan fingerprint density at radius 1 is 1.27 bits per heavy atom. The molecule has 1 saturated carbocycles. The Kier molecular flexibility index (Phi) is 4.25. The summed E-state index contributed by atoms with van der Waals surface area (Å²) < 4.78 is 0. The summed E-state index contributed by atoms with van der Waals surface area (Å²) in [5.41, 5.74) is 1.93. The SMILES string of the molecule is CC(C)c1csc(C(=O)N(C2CC2)[C@@H](C)c2ccccn2)n1. The predicted molar refractivity (Wildman–Crippen MR) is 88.0 cm³/mol. The van der Waals surface area contributed by atoms with Crippen molar-refractivity contribution in [3.63, 3.8) is 0 Å². The van der Waals surface area contributed by atoms with Crippen LogP contribution in [0.1, 0.15) is 66.8 Å². The van der Waals surface area contributed by atoms with Crippen molar-refractivity contribution in [2.75, 3.05) is 0 Å². The van der Waals surface area contributed by atoms with Gasteiger partial charge in [0.15, 0.2) is 5.01 Å². The first-order chi connectivity index (χ1) is 10.6. The minimum absolute atomic E-state index is 0.0207. The van der Waals surface area contributed by atoms with E-state index in [1.165, 1.54) is 11.3 Å². The fourth-order valence-electron chi connectivity index (χ4n) is 2.54. The van der Waals surface area contributed by atoms with E-state index in [0.29, 0.717) is 17.0 Å². The number of nitrogens with zero attached hydrogens (tertiary/aromatic N) is 3. The Morgan fingerprint density at radius 2 is 2.05 bits per heavy atom. The van der Waals surface area contributed by atoms with Crippen LogP contribution >= 0.6 is 11.3 Å². The third-order valence-corrected chi connectivity index (χ3v) is 4.85. The zero-order valence-corrected chi connectivity index (χ0v) is 14.0. The molecule has 0 aromatic carbocycles. The highest BCUT2D eigenvalue weighted by molar-refractivity contribution is 7.11. The molecular weight excluding hydrogens is 294 g/mol. The van der Waals surface area contributed by atoms with Crippen LogP contribution in [-0.2, 0) is 0 Å². The highest BCUT2D eigenvalue weighted by atomic mass is 32.1. The van der Waals surface area contributed by atoms with E-state index in [1.807, 2.05) is 28.5 Å². The molecule has 0 unspecified atom stereocenters. The van der Waals surface area contributed by atoms with Gasteiger partial charge >= 0.3 is 0 Å². The average Bonchev–Trinajstić information content (AvgIpc) is 3.22. The number of hydrogen-bond donors (Lipinski definition) is 0. The van der Waals surface area contributed by atoms with Gasteiger partial charge in [0.25, 0.3) is 5.91 Å². The van der Waals surface area contributed by atoms with Crippen LogP contribution in [0.15, 0.2) is 29.8 Å². The smallest absolute Gasteiger partial charge is 0.283 e. The number of carbonyl (C=O) groups excluding carboxylic acids is 1. The summed E-state index contributed by atoms with van der Waals surface area (Å²) >= 11 is 1.45. The third kappa shape index (κ3) is 3.04. The van der Waals surface area contributed by atoms with Crippen LogP contribution in [0, 0.1) is 0 Å². The zero-order valence-electron chi connectivity index (χ0n) is 13.2. The Balaban J connectivity index is 1.85. The van der Waals surface area contributed by atoms with Crippen molar-refractivity contribution in [2.24, 2.45) is 0 Å². The molecule has 0 N–H and O–H groups in total. The first-order valence-corrected chi connectivity index (χ1v) is 8.65. The van der Waals surface area contributed by atoms with Crippen molar-refractivity contribution in [1.82, 2.24) is 14.9 Å². The molecule has 2 aromatic heterocycles. The lowest BCUT2D eigenvalue weighted by atomic mass is 10.1. The molecule has 2 heterocycles. The normalized spacial score (nSPS) is 15.8. The Bertz CT molecular complexity index is 649. The summed E-state index contributed by atoms with van der Waals surface area (Å²) in [6.07, 6.45) is 3.93. The molecule has 22 heavy (non-hydrogen) atoms. The lowest BCUT2D eigenvalue weighted by molar-refractivity contribution is 0.0669. The van der Waals surface area contributed by atoms with Crippen molar-refractivity contribution in [2.45, 2.75) is 51.6 Å². The van der Waals surface area contributed by atoms with Crippen molar-refractivity contribution in [3.8, 4) is 0 Å². The number of carbonyl (C=O) groups is 1. The first-order valence-electron chi connectivity index (χ1n) is 7.77. The summed E-state index contributed by atoms with van der Waals surface area (Å²) in [4.78, 5) is 23.8. The summed E-state index contributed by atoms with van der Waals surface area (Å²) in [5, 5.41) is 2.59. The van der Waals surface area contributed by atoms with Crippen molar-refractivity contribution in [3.05, 3.63) is 46.2 Å². The van der Waals surface area contributed by atoms with Gasteiger partial charge in [-0.25, -0.2) is 4.98 Å². The van der Waals surface area contributed by atoms with Gasteiger partial charge in [-0.05, 0) is 37.8 Å². The standard InChI is InChI=1S/C17H21N3OS/c1-11(2)15-10-22-16(19-15)17(21)20(13-7-8-13)12(3)14-6-4-5-9-18-14/h4-6,9-13H,7-8H2,1-3H3/t12-/m0/s1. The van der Waals surface area contributed by atoms with Gasteiger partial charge in [-0.3, -0.25) is 9.78 Å². The molecule has 5 heteroatoms. The number of hydrogen-bond acceptors (Lipinski definition) is 4. The minimum atomic E-state index is -0.0207. The van der Waals surface area contributed by atoms with Crippen LogP contribution in [-0.4, -0.2) is 26.8 Å². The van der Waals surface area contributed by atoms with E-state index in [9.17, 15) is 4.79 Å². The Labute approximate surface area is 135 Å². The monoisotopic (exact) mass is 315 g/mol. The predicted octanol–water partition coefficient (Wildman–Crippen LogP) is 4.03. The largest absolute Gasteiger partial charge is 0.325 e. The molecule has 4 nitrogen and oxygen atoms in total. The molecule has 1 fully saturated rings. The molecule has 0 saturated heterocycles. The summed E-state index contributed by atoms with van der Waals surface area (Å²) in [5.74, 6) is 0.387. The van der Waals surface area contributed by atoms with E-state index in [-0.39, 0.29) is 11.9 Å². The molecule has 1 atom stereocenters. The lowest BCUT2D eigenvalue weighted by Crippen LogP contribution is -2.35. The molecule has 0 spiro atoms. The number of aromatic nitrogens is 2. The third-order valence-electron chi connectivity index (χ3n) is 4.00. The number of amides is 1. The maximum Gasteiger partial charge on any atom is 0.283 e. The highest BCUT2D eigenvalue weighted by Gasteiger charge is 2.38. The van der Waals surface area contributed by atoms with Crippen LogP contribution in [0.5, 0.6) is 0 Å². The van der Waals surface area contributed by atoms with E-state index in [1.54, 1.807) is 6.20 Å².